The van der Waals surface area contributed by atoms with Crippen molar-refractivity contribution in [1.29, 1.82) is 5.26 Å². The van der Waals surface area contributed by atoms with Crippen LogP contribution in [0.4, 0.5) is 11.8 Å². The molecule has 0 spiro atoms. The molecule has 0 aliphatic carbocycles. The van der Waals surface area contributed by atoms with Crippen molar-refractivity contribution >= 4 is 17.3 Å². The van der Waals surface area contributed by atoms with E-state index in [2.05, 4.69) is 31.4 Å². The summed E-state index contributed by atoms with van der Waals surface area (Å²) < 4.78 is 7.46. The van der Waals surface area contributed by atoms with Crippen LogP contribution in [0.3, 0.4) is 0 Å². The standard InChI is InChI=1S/C27H30N8O2/c1-18-12-30-26(31-13-18)33-21-6-8-34(9-7-21)24-5-4-19(14-29-24)23-10-22(37-17-27(2,3)36)16-35-25(23)20(11-28)15-32-35/h4-5,10,12-16,21,36H,6-9,17H2,1-3H3,(H,30,31,33). The van der Waals surface area contributed by atoms with Gasteiger partial charge in [-0.05, 0) is 57.4 Å². The number of pyridine rings is 2. The van der Waals surface area contributed by atoms with E-state index in [0.717, 1.165) is 48.4 Å². The largest absolute Gasteiger partial charge is 0.489 e. The summed E-state index contributed by atoms with van der Waals surface area (Å²) in [5.74, 6) is 2.13. The van der Waals surface area contributed by atoms with E-state index in [-0.39, 0.29) is 6.61 Å². The molecule has 5 rings (SSSR count). The van der Waals surface area contributed by atoms with Gasteiger partial charge in [0.1, 0.15) is 24.2 Å². The summed E-state index contributed by atoms with van der Waals surface area (Å²) in [7, 11) is 0. The first-order chi connectivity index (χ1) is 17.8. The number of aliphatic hydroxyl groups is 1. The van der Waals surface area contributed by atoms with E-state index in [4.69, 9.17) is 9.72 Å². The predicted octanol–water partition coefficient (Wildman–Crippen LogP) is 3.60. The van der Waals surface area contributed by atoms with Gasteiger partial charge in [0.25, 0.3) is 0 Å². The Hall–Kier alpha value is -4.23. The fourth-order valence-electron chi connectivity index (χ4n) is 4.37. The number of aromatic nitrogens is 5. The highest BCUT2D eigenvalue weighted by Crippen LogP contribution is 2.32. The van der Waals surface area contributed by atoms with Gasteiger partial charge in [-0.15, -0.1) is 0 Å². The average molecular weight is 499 g/mol. The Bertz CT molecular complexity index is 1410. The molecule has 2 N–H and O–H groups in total. The third kappa shape index (κ3) is 5.62. The van der Waals surface area contributed by atoms with Crippen molar-refractivity contribution in [3.8, 4) is 22.9 Å². The average Bonchev–Trinajstić information content (AvgIpc) is 3.32. The smallest absolute Gasteiger partial charge is 0.222 e. The van der Waals surface area contributed by atoms with Gasteiger partial charge in [0.2, 0.25) is 5.95 Å². The Labute approximate surface area is 215 Å². The maximum atomic E-state index is 10.1. The van der Waals surface area contributed by atoms with E-state index in [9.17, 15) is 10.4 Å². The highest BCUT2D eigenvalue weighted by molar-refractivity contribution is 5.85. The SMILES string of the molecule is Cc1cnc(NC2CCN(c3ccc(-c4cc(OCC(C)(C)O)cn5ncc(C#N)c45)cn3)CC2)nc1. The lowest BCUT2D eigenvalue weighted by molar-refractivity contribution is 0.0283. The zero-order valence-electron chi connectivity index (χ0n) is 21.2. The van der Waals surface area contributed by atoms with Gasteiger partial charge in [-0.2, -0.15) is 10.4 Å². The van der Waals surface area contributed by atoms with Crippen molar-refractivity contribution in [3.05, 3.63) is 60.3 Å². The summed E-state index contributed by atoms with van der Waals surface area (Å²) in [6.07, 6.45) is 10.6. The lowest BCUT2D eigenvalue weighted by Crippen LogP contribution is -2.39. The molecule has 4 aromatic rings. The van der Waals surface area contributed by atoms with Crippen LogP contribution in [0.1, 0.15) is 37.8 Å². The van der Waals surface area contributed by atoms with Crippen molar-refractivity contribution in [2.24, 2.45) is 0 Å². The molecule has 5 heterocycles. The summed E-state index contributed by atoms with van der Waals surface area (Å²) >= 11 is 0. The normalized spacial score (nSPS) is 14.5. The fraction of sp³-hybridized carbons (Fsp3) is 0.370. The molecule has 1 fully saturated rings. The Balaban J connectivity index is 1.32. The van der Waals surface area contributed by atoms with Crippen LogP contribution in [-0.4, -0.2) is 61.0 Å². The number of aryl methyl sites for hydroxylation is 1. The first-order valence-electron chi connectivity index (χ1n) is 12.3. The van der Waals surface area contributed by atoms with Crippen molar-refractivity contribution in [3.63, 3.8) is 0 Å². The van der Waals surface area contributed by atoms with E-state index >= 15 is 0 Å². The summed E-state index contributed by atoms with van der Waals surface area (Å²) in [6, 6.07) is 8.42. The van der Waals surface area contributed by atoms with Crippen LogP contribution in [0.5, 0.6) is 5.75 Å². The minimum absolute atomic E-state index is 0.127. The monoisotopic (exact) mass is 498 g/mol. The van der Waals surface area contributed by atoms with Gasteiger partial charge in [0.15, 0.2) is 0 Å². The van der Waals surface area contributed by atoms with Crippen LogP contribution >= 0.6 is 0 Å². The molecule has 37 heavy (non-hydrogen) atoms. The molecule has 1 aliphatic rings. The molecule has 0 bridgehead atoms. The number of fused-ring (bicyclic) bond motifs is 1. The van der Waals surface area contributed by atoms with Gasteiger partial charge in [-0.25, -0.2) is 19.5 Å². The van der Waals surface area contributed by atoms with Gasteiger partial charge < -0.3 is 20.1 Å². The second kappa shape index (κ2) is 10.0. The fourth-order valence-corrected chi connectivity index (χ4v) is 4.37. The molecule has 10 nitrogen and oxygen atoms in total. The van der Waals surface area contributed by atoms with Gasteiger partial charge in [0, 0.05) is 48.8 Å². The Morgan fingerprint density at radius 1 is 1.14 bits per heavy atom. The topological polar surface area (TPSA) is 124 Å². The van der Waals surface area contributed by atoms with E-state index in [1.54, 1.807) is 30.8 Å². The summed E-state index contributed by atoms with van der Waals surface area (Å²) in [4.78, 5) is 15.7. The minimum atomic E-state index is -0.976. The second-order valence-electron chi connectivity index (χ2n) is 10.0. The van der Waals surface area contributed by atoms with E-state index in [0.29, 0.717) is 28.8 Å². The van der Waals surface area contributed by atoms with E-state index in [1.807, 2.05) is 43.7 Å². The first-order valence-corrected chi connectivity index (χ1v) is 12.3. The number of rotatable bonds is 7. The molecule has 190 valence electrons. The number of piperidine rings is 1. The van der Waals surface area contributed by atoms with Crippen molar-refractivity contribution < 1.29 is 9.84 Å². The molecule has 10 heteroatoms. The Morgan fingerprint density at radius 3 is 2.54 bits per heavy atom. The molecule has 0 amide bonds. The number of nitriles is 1. The number of hydrogen-bond donors (Lipinski definition) is 2. The number of hydrogen-bond acceptors (Lipinski definition) is 9. The predicted molar refractivity (Wildman–Crippen MR) is 141 cm³/mol. The Morgan fingerprint density at radius 2 is 1.89 bits per heavy atom. The first kappa shape index (κ1) is 24.5. The number of nitrogens with one attached hydrogen (secondary N) is 1. The molecule has 0 saturated carbocycles. The minimum Gasteiger partial charge on any atom is -0.489 e. The molecule has 0 aromatic carbocycles. The molecular weight excluding hydrogens is 468 g/mol. The summed E-state index contributed by atoms with van der Waals surface area (Å²) in [5.41, 5.74) is 2.88. The van der Waals surface area contributed by atoms with E-state index in [1.165, 1.54) is 0 Å². The van der Waals surface area contributed by atoms with Crippen LogP contribution in [-0.2, 0) is 0 Å². The maximum Gasteiger partial charge on any atom is 0.222 e. The Kier molecular flexibility index (Phi) is 6.63. The van der Waals surface area contributed by atoms with Crippen molar-refractivity contribution in [1.82, 2.24) is 24.6 Å². The van der Waals surface area contributed by atoms with Crippen LogP contribution in [0, 0.1) is 18.3 Å². The third-order valence-electron chi connectivity index (χ3n) is 6.29. The second-order valence-corrected chi connectivity index (χ2v) is 10.0. The summed E-state index contributed by atoms with van der Waals surface area (Å²) in [6.45, 7) is 7.23. The summed E-state index contributed by atoms with van der Waals surface area (Å²) in [5, 5.41) is 27.4. The molecule has 4 aromatic heterocycles. The molecule has 0 radical (unpaired) electrons. The highest BCUT2D eigenvalue weighted by Gasteiger charge is 2.21. The lowest BCUT2D eigenvalue weighted by Gasteiger charge is -2.33. The molecule has 0 atom stereocenters. The van der Waals surface area contributed by atoms with Crippen LogP contribution in [0.15, 0.2) is 49.2 Å². The van der Waals surface area contributed by atoms with Crippen molar-refractivity contribution in [2.75, 3.05) is 29.9 Å². The van der Waals surface area contributed by atoms with Crippen LogP contribution < -0.4 is 15.0 Å². The van der Waals surface area contributed by atoms with E-state index < -0.39 is 5.60 Å². The zero-order chi connectivity index (χ0) is 26.0. The zero-order valence-corrected chi connectivity index (χ0v) is 21.2. The number of ether oxygens (including phenoxy) is 1. The van der Waals surface area contributed by atoms with Crippen molar-refractivity contribution in [2.45, 2.75) is 45.3 Å². The quantitative estimate of drug-likeness (QED) is 0.393. The molecule has 1 aliphatic heterocycles. The van der Waals surface area contributed by atoms with Crippen LogP contribution in [0.2, 0.25) is 0 Å². The molecular formula is C27H30N8O2. The van der Waals surface area contributed by atoms with Gasteiger partial charge >= 0.3 is 0 Å². The maximum absolute atomic E-state index is 10.1. The lowest BCUT2D eigenvalue weighted by atomic mass is 10.0. The van der Waals surface area contributed by atoms with Gasteiger partial charge in [-0.1, -0.05) is 0 Å². The number of anilines is 2. The molecule has 1 saturated heterocycles. The molecule has 0 unspecified atom stereocenters. The van der Waals surface area contributed by atoms with Crippen LogP contribution in [0.25, 0.3) is 16.6 Å². The third-order valence-corrected chi connectivity index (χ3v) is 6.29. The highest BCUT2D eigenvalue weighted by atomic mass is 16.5. The van der Waals surface area contributed by atoms with Gasteiger partial charge in [-0.3, -0.25) is 0 Å². The number of nitrogens with zero attached hydrogens (tertiary/aromatic N) is 7. The van der Waals surface area contributed by atoms with Gasteiger partial charge in [0.05, 0.1) is 29.1 Å².